The van der Waals surface area contributed by atoms with E-state index >= 15 is 0 Å². The fourth-order valence-corrected chi connectivity index (χ4v) is 2.95. The van der Waals surface area contributed by atoms with Gasteiger partial charge in [-0.25, -0.2) is 4.39 Å². The zero-order valence-corrected chi connectivity index (χ0v) is 16.0. The first-order chi connectivity index (χ1) is 14.0. The minimum Gasteiger partial charge on any atom is -0.334 e. The highest BCUT2D eigenvalue weighted by molar-refractivity contribution is 5.92. The summed E-state index contributed by atoms with van der Waals surface area (Å²) in [4.78, 5) is 16.8. The molecular formula is C20H19FN6O2. The highest BCUT2D eigenvalue weighted by Gasteiger charge is 2.14. The van der Waals surface area contributed by atoms with Crippen LogP contribution in [-0.4, -0.2) is 30.6 Å². The van der Waals surface area contributed by atoms with E-state index in [4.69, 9.17) is 4.52 Å². The largest absolute Gasteiger partial charge is 0.334 e. The number of hydrogen-bond donors (Lipinski definition) is 1. The Kier molecular flexibility index (Phi) is 5.03. The molecule has 0 unspecified atom stereocenters. The molecule has 9 heteroatoms. The van der Waals surface area contributed by atoms with Crippen LogP contribution in [0.1, 0.15) is 30.6 Å². The van der Waals surface area contributed by atoms with Gasteiger partial charge in [0.25, 0.3) is 5.89 Å². The van der Waals surface area contributed by atoms with Gasteiger partial charge in [0, 0.05) is 18.3 Å². The molecule has 3 heterocycles. The van der Waals surface area contributed by atoms with Gasteiger partial charge in [0.1, 0.15) is 11.6 Å². The van der Waals surface area contributed by atoms with Gasteiger partial charge in [-0.2, -0.15) is 4.98 Å². The average Bonchev–Trinajstić information content (AvgIpc) is 3.32. The van der Waals surface area contributed by atoms with E-state index in [9.17, 15) is 9.18 Å². The third-order valence-corrected chi connectivity index (χ3v) is 4.42. The summed E-state index contributed by atoms with van der Waals surface area (Å²) >= 11 is 0. The molecule has 0 saturated carbocycles. The van der Waals surface area contributed by atoms with Crippen molar-refractivity contribution in [1.82, 2.24) is 24.7 Å². The molecule has 29 heavy (non-hydrogen) atoms. The number of carbonyl (C=O) groups excluding carboxylic acids is 1. The van der Waals surface area contributed by atoms with Gasteiger partial charge >= 0.3 is 0 Å². The number of halogens is 1. The summed E-state index contributed by atoms with van der Waals surface area (Å²) in [5, 5.41) is 14.9. The van der Waals surface area contributed by atoms with Crippen LogP contribution in [-0.2, 0) is 17.6 Å². The van der Waals surface area contributed by atoms with Crippen LogP contribution in [0.25, 0.3) is 17.1 Å². The van der Waals surface area contributed by atoms with Crippen molar-refractivity contribution in [2.45, 2.75) is 33.1 Å². The molecule has 8 nitrogen and oxygen atoms in total. The molecule has 0 bridgehead atoms. The molecular weight excluding hydrogens is 375 g/mol. The van der Waals surface area contributed by atoms with Crippen LogP contribution < -0.4 is 5.32 Å². The van der Waals surface area contributed by atoms with Gasteiger partial charge in [0.2, 0.25) is 5.91 Å². The standard InChI is InChI=1S/C20H19FN6O2/c1-3-4-16-23-20(29-26-16)13-5-8-17-24-25-18(27(17)11-13)10-19(28)22-14-6-7-15(21)12(2)9-14/h5-9,11H,3-4,10H2,1-2H3,(H,22,28). The first kappa shape index (κ1) is 18.7. The second kappa shape index (κ2) is 7.78. The average molecular weight is 394 g/mol. The summed E-state index contributed by atoms with van der Waals surface area (Å²) in [7, 11) is 0. The lowest BCUT2D eigenvalue weighted by molar-refractivity contribution is -0.115. The number of aryl methyl sites for hydroxylation is 2. The van der Waals surface area contributed by atoms with Gasteiger partial charge in [0.15, 0.2) is 11.5 Å². The van der Waals surface area contributed by atoms with E-state index in [0.717, 1.165) is 12.8 Å². The Bertz CT molecular complexity index is 1180. The number of benzene rings is 1. The molecule has 0 fully saturated rings. The van der Waals surface area contributed by atoms with Crippen LogP contribution >= 0.6 is 0 Å². The first-order valence-electron chi connectivity index (χ1n) is 9.26. The van der Waals surface area contributed by atoms with Crippen molar-refractivity contribution in [2.75, 3.05) is 5.32 Å². The van der Waals surface area contributed by atoms with E-state index in [1.54, 1.807) is 29.7 Å². The Labute approximate surface area is 165 Å². The van der Waals surface area contributed by atoms with Crippen LogP contribution in [0.3, 0.4) is 0 Å². The fraction of sp³-hybridized carbons (Fsp3) is 0.250. The normalized spacial score (nSPS) is 11.1. The second-order valence-electron chi connectivity index (χ2n) is 6.72. The van der Waals surface area contributed by atoms with E-state index in [1.165, 1.54) is 12.1 Å². The number of hydrogen-bond acceptors (Lipinski definition) is 6. The lowest BCUT2D eigenvalue weighted by Gasteiger charge is -2.06. The molecule has 3 aromatic heterocycles. The van der Waals surface area contributed by atoms with E-state index in [1.807, 2.05) is 13.0 Å². The van der Waals surface area contributed by atoms with Gasteiger partial charge in [0.05, 0.1) is 12.0 Å². The molecule has 0 aliphatic heterocycles. The van der Waals surface area contributed by atoms with Gasteiger partial charge in [-0.1, -0.05) is 12.1 Å². The van der Waals surface area contributed by atoms with Gasteiger partial charge in [-0.15, -0.1) is 10.2 Å². The van der Waals surface area contributed by atoms with Gasteiger partial charge in [-0.05, 0) is 49.2 Å². The second-order valence-corrected chi connectivity index (χ2v) is 6.72. The lowest BCUT2D eigenvalue weighted by Crippen LogP contribution is -2.16. The fourth-order valence-electron chi connectivity index (χ4n) is 2.95. The molecule has 0 atom stereocenters. The van der Waals surface area contributed by atoms with E-state index in [-0.39, 0.29) is 18.1 Å². The van der Waals surface area contributed by atoms with Gasteiger partial charge < -0.3 is 9.84 Å². The minimum atomic E-state index is -0.318. The third-order valence-electron chi connectivity index (χ3n) is 4.42. The van der Waals surface area contributed by atoms with Crippen molar-refractivity contribution >= 4 is 17.2 Å². The summed E-state index contributed by atoms with van der Waals surface area (Å²) in [6.45, 7) is 3.69. The molecule has 0 spiro atoms. The molecule has 4 rings (SSSR count). The number of nitrogens with zero attached hydrogens (tertiary/aromatic N) is 5. The van der Waals surface area contributed by atoms with Crippen molar-refractivity contribution in [3.8, 4) is 11.5 Å². The maximum Gasteiger partial charge on any atom is 0.259 e. The molecule has 1 amide bonds. The molecule has 0 aliphatic carbocycles. The summed E-state index contributed by atoms with van der Waals surface area (Å²) in [6.07, 6.45) is 3.44. The Morgan fingerprint density at radius 2 is 2.10 bits per heavy atom. The summed E-state index contributed by atoms with van der Waals surface area (Å²) in [5.74, 6) is 0.925. The summed E-state index contributed by atoms with van der Waals surface area (Å²) < 4.78 is 20.4. The number of carbonyl (C=O) groups is 1. The van der Waals surface area contributed by atoms with Crippen LogP contribution in [0, 0.1) is 12.7 Å². The number of aromatic nitrogens is 5. The molecule has 1 aromatic carbocycles. The maximum atomic E-state index is 13.4. The molecule has 0 aliphatic rings. The van der Waals surface area contributed by atoms with Crippen molar-refractivity contribution in [2.24, 2.45) is 0 Å². The smallest absolute Gasteiger partial charge is 0.259 e. The number of pyridine rings is 1. The number of nitrogens with one attached hydrogen (secondary N) is 1. The first-order valence-corrected chi connectivity index (χ1v) is 9.26. The monoisotopic (exact) mass is 394 g/mol. The number of amides is 1. The number of fused-ring (bicyclic) bond motifs is 1. The number of anilines is 1. The molecule has 4 aromatic rings. The van der Waals surface area contributed by atoms with Crippen LogP contribution in [0.5, 0.6) is 0 Å². The van der Waals surface area contributed by atoms with E-state index < -0.39 is 0 Å². The Balaban J connectivity index is 1.55. The topological polar surface area (TPSA) is 98.2 Å². The number of rotatable bonds is 6. The Hall–Kier alpha value is -3.62. The Morgan fingerprint density at radius 3 is 2.90 bits per heavy atom. The molecule has 0 saturated heterocycles. The van der Waals surface area contributed by atoms with Crippen molar-refractivity contribution in [3.05, 3.63) is 59.6 Å². The van der Waals surface area contributed by atoms with Crippen molar-refractivity contribution in [3.63, 3.8) is 0 Å². The van der Waals surface area contributed by atoms with E-state index in [2.05, 4.69) is 25.7 Å². The quantitative estimate of drug-likeness (QED) is 0.538. The SMILES string of the molecule is CCCc1noc(-c2ccc3nnc(CC(=O)Nc4ccc(F)c(C)c4)n3c2)n1. The Morgan fingerprint density at radius 1 is 1.24 bits per heavy atom. The molecule has 1 N–H and O–H groups in total. The minimum absolute atomic E-state index is 0.00591. The zero-order valence-electron chi connectivity index (χ0n) is 16.0. The highest BCUT2D eigenvalue weighted by atomic mass is 19.1. The maximum absolute atomic E-state index is 13.4. The van der Waals surface area contributed by atoms with E-state index in [0.29, 0.717) is 40.0 Å². The lowest BCUT2D eigenvalue weighted by atomic mass is 10.2. The predicted molar refractivity (Wildman–Crippen MR) is 104 cm³/mol. The van der Waals surface area contributed by atoms with Gasteiger partial charge in [-0.3, -0.25) is 9.20 Å². The molecule has 148 valence electrons. The van der Waals surface area contributed by atoms with Crippen molar-refractivity contribution < 1.29 is 13.7 Å². The van der Waals surface area contributed by atoms with Crippen molar-refractivity contribution in [1.29, 1.82) is 0 Å². The van der Waals surface area contributed by atoms with Crippen LogP contribution in [0.4, 0.5) is 10.1 Å². The third kappa shape index (κ3) is 3.98. The summed E-state index contributed by atoms with van der Waals surface area (Å²) in [6, 6.07) is 8.01. The molecule has 0 radical (unpaired) electrons. The zero-order chi connectivity index (χ0) is 20.4. The predicted octanol–water partition coefficient (Wildman–Crippen LogP) is 3.36. The van der Waals surface area contributed by atoms with Crippen LogP contribution in [0.15, 0.2) is 41.1 Å². The highest BCUT2D eigenvalue weighted by Crippen LogP contribution is 2.19. The van der Waals surface area contributed by atoms with Crippen LogP contribution in [0.2, 0.25) is 0 Å². The summed E-state index contributed by atoms with van der Waals surface area (Å²) in [5.41, 5.74) is 2.30.